The van der Waals surface area contributed by atoms with Gasteiger partial charge in [-0.25, -0.2) is 14.0 Å². The van der Waals surface area contributed by atoms with Gasteiger partial charge in [0.1, 0.15) is 31.1 Å². The number of carbonyl (C=O) groups excluding carboxylic acids is 4. The Morgan fingerprint density at radius 3 is 2.50 bits per heavy atom. The molecule has 1 atom stereocenters. The van der Waals surface area contributed by atoms with Crippen LogP contribution in [0.1, 0.15) is 12.5 Å². The SMILES string of the molecule is CC1(c2ccc(F)cc2)NC(=O)N(CC(=O)NC(=O)Nc2ccc3c(c2)OCCO3)C1=O. The minimum absolute atomic E-state index is 0.358. The number of nitrogens with one attached hydrogen (secondary N) is 3. The third-order valence-electron chi connectivity index (χ3n) is 5.05. The fourth-order valence-corrected chi connectivity index (χ4v) is 3.41. The maximum Gasteiger partial charge on any atom is 0.325 e. The first-order valence-electron chi connectivity index (χ1n) is 9.67. The maximum absolute atomic E-state index is 13.2. The summed E-state index contributed by atoms with van der Waals surface area (Å²) in [4.78, 5) is 50.2. The third kappa shape index (κ3) is 4.04. The summed E-state index contributed by atoms with van der Waals surface area (Å²) < 4.78 is 24.0. The molecule has 0 saturated carbocycles. The van der Waals surface area contributed by atoms with E-state index in [0.717, 1.165) is 12.1 Å². The van der Waals surface area contributed by atoms with Crippen molar-refractivity contribution in [1.82, 2.24) is 15.5 Å². The minimum atomic E-state index is -1.46. The van der Waals surface area contributed by atoms with E-state index in [1.807, 2.05) is 0 Å². The molecule has 4 rings (SSSR count). The van der Waals surface area contributed by atoms with Gasteiger partial charge in [0.2, 0.25) is 5.91 Å². The fraction of sp³-hybridized carbons (Fsp3) is 0.238. The first-order valence-corrected chi connectivity index (χ1v) is 9.67. The Balaban J connectivity index is 1.37. The van der Waals surface area contributed by atoms with E-state index in [4.69, 9.17) is 9.47 Å². The predicted molar refractivity (Wildman–Crippen MR) is 109 cm³/mol. The van der Waals surface area contributed by atoms with Gasteiger partial charge in [0.05, 0.1) is 0 Å². The normalized spacial score (nSPS) is 19.4. The zero-order valence-corrected chi connectivity index (χ0v) is 16.9. The predicted octanol–water partition coefficient (Wildman–Crippen LogP) is 1.71. The number of carbonyl (C=O) groups is 4. The number of hydrogen-bond donors (Lipinski definition) is 3. The van der Waals surface area contributed by atoms with Crippen molar-refractivity contribution in [3.8, 4) is 11.5 Å². The summed E-state index contributed by atoms with van der Waals surface area (Å²) >= 11 is 0. The molecule has 10 nitrogen and oxygen atoms in total. The zero-order chi connectivity index (χ0) is 22.9. The quantitative estimate of drug-likeness (QED) is 0.619. The molecule has 1 saturated heterocycles. The van der Waals surface area contributed by atoms with Crippen LogP contribution in [0, 0.1) is 5.82 Å². The molecule has 2 aromatic rings. The van der Waals surface area contributed by atoms with Gasteiger partial charge in [0.25, 0.3) is 5.91 Å². The zero-order valence-electron chi connectivity index (χ0n) is 16.9. The topological polar surface area (TPSA) is 126 Å². The van der Waals surface area contributed by atoms with Crippen LogP contribution in [0.15, 0.2) is 42.5 Å². The monoisotopic (exact) mass is 442 g/mol. The highest BCUT2D eigenvalue weighted by molar-refractivity contribution is 6.10. The van der Waals surface area contributed by atoms with E-state index in [0.29, 0.717) is 40.9 Å². The third-order valence-corrected chi connectivity index (χ3v) is 5.05. The highest BCUT2D eigenvalue weighted by atomic mass is 19.1. The first kappa shape index (κ1) is 21.1. The molecule has 2 heterocycles. The average molecular weight is 442 g/mol. The lowest BCUT2D eigenvalue weighted by Crippen LogP contribution is -2.45. The number of imide groups is 2. The summed E-state index contributed by atoms with van der Waals surface area (Å²) in [7, 11) is 0. The van der Waals surface area contributed by atoms with E-state index < -0.39 is 41.8 Å². The number of nitrogens with zero attached hydrogens (tertiary/aromatic N) is 1. The number of hydrogen-bond acceptors (Lipinski definition) is 6. The van der Waals surface area contributed by atoms with Crippen molar-refractivity contribution < 1.29 is 33.0 Å². The number of urea groups is 2. The molecule has 0 aromatic heterocycles. The molecular formula is C21H19FN4O6. The van der Waals surface area contributed by atoms with E-state index in [-0.39, 0.29) is 0 Å². The van der Waals surface area contributed by atoms with Crippen molar-refractivity contribution in [3.63, 3.8) is 0 Å². The largest absolute Gasteiger partial charge is 0.486 e. The summed E-state index contributed by atoms with van der Waals surface area (Å²) in [6.45, 7) is 1.59. The van der Waals surface area contributed by atoms with Gasteiger partial charge in [-0.1, -0.05) is 12.1 Å². The van der Waals surface area contributed by atoms with Crippen molar-refractivity contribution >= 4 is 29.6 Å². The van der Waals surface area contributed by atoms with Crippen LogP contribution in [0.3, 0.4) is 0 Å². The molecule has 2 aromatic carbocycles. The van der Waals surface area contributed by atoms with Crippen molar-refractivity contribution in [2.45, 2.75) is 12.5 Å². The molecule has 11 heteroatoms. The first-order chi connectivity index (χ1) is 15.3. The van der Waals surface area contributed by atoms with Crippen LogP contribution in [-0.4, -0.2) is 48.5 Å². The second-order valence-electron chi connectivity index (χ2n) is 7.31. The Kier molecular flexibility index (Phi) is 5.39. The van der Waals surface area contributed by atoms with E-state index in [2.05, 4.69) is 16.0 Å². The number of fused-ring (bicyclic) bond motifs is 1. The summed E-state index contributed by atoms with van der Waals surface area (Å²) in [5.74, 6) is -1.06. The minimum Gasteiger partial charge on any atom is -0.486 e. The molecule has 0 radical (unpaired) electrons. The molecule has 2 aliphatic rings. The Labute approximate surface area is 181 Å². The van der Waals surface area contributed by atoms with Gasteiger partial charge in [-0.15, -0.1) is 0 Å². The second-order valence-corrected chi connectivity index (χ2v) is 7.31. The van der Waals surface area contributed by atoms with Crippen LogP contribution in [0.5, 0.6) is 11.5 Å². The fourth-order valence-electron chi connectivity index (χ4n) is 3.41. The Morgan fingerprint density at radius 2 is 1.78 bits per heavy atom. The highest BCUT2D eigenvalue weighted by Crippen LogP contribution is 2.32. The van der Waals surface area contributed by atoms with Gasteiger partial charge in [-0.3, -0.25) is 19.8 Å². The maximum atomic E-state index is 13.2. The standard InChI is InChI=1S/C21H19FN4O6/c1-21(12-2-4-13(22)5-3-12)18(28)26(20(30)25-21)11-17(27)24-19(29)23-14-6-7-15-16(10-14)32-9-8-31-15/h2-7,10H,8-9,11H2,1H3,(H,25,30)(H2,23,24,27,29). The molecule has 1 unspecified atom stereocenters. The molecule has 32 heavy (non-hydrogen) atoms. The van der Waals surface area contributed by atoms with Crippen LogP contribution >= 0.6 is 0 Å². The molecule has 3 N–H and O–H groups in total. The smallest absolute Gasteiger partial charge is 0.325 e. The van der Waals surface area contributed by atoms with Gasteiger partial charge in [0.15, 0.2) is 11.5 Å². The molecule has 0 bridgehead atoms. The molecule has 6 amide bonds. The van der Waals surface area contributed by atoms with Crippen molar-refractivity contribution in [1.29, 1.82) is 0 Å². The highest BCUT2D eigenvalue weighted by Gasteiger charge is 2.49. The van der Waals surface area contributed by atoms with Gasteiger partial charge >= 0.3 is 12.1 Å². The van der Waals surface area contributed by atoms with Crippen LogP contribution in [0.25, 0.3) is 0 Å². The summed E-state index contributed by atoms with van der Waals surface area (Å²) in [6.07, 6.45) is 0. The van der Waals surface area contributed by atoms with E-state index in [1.165, 1.54) is 19.1 Å². The lowest BCUT2D eigenvalue weighted by atomic mass is 9.92. The molecule has 0 aliphatic carbocycles. The van der Waals surface area contributed by atoms with E-state index >= 15 is 0 Å². The van der Waals surface area contributed by atoms with Crippen LogP contribution in [0.2, 0.25) is 0 Å². The van der Waals surface area contributed by atoms with Crippen molar-refractivity contribution in [2.24, 2.45) is 0 Å². The van der Waals surface area contributed by atoms with E-state index in [9.17, 15) is 23.6 Å². The molecule has 166 valence electrons. The number of halogens is 1. The number of benzene rings is 2. The number of ether oxygens (including phenoxy) is 2. The number of amides is 6. The summed E-state index contributed by atoms with van der Waals surface area (Å²) in [6, 6.07) is 8.16. The molecule has 1 fully saturated rings. The van der Waals surface area contributed by atoms with Crippen LogP contribution in [0.4, 0.5) is 19.7 Å². The lowest BCUT2D eigenvalue weighted by molar-refractivity contribution is -0.134. The molecular weight excluding hydrogens is 423 g/mol. The van der Waals surface area contributed by atoms with Crippen molar-refractivity contribution in [3.05, 3.63) is 53.8 Å². The second kappa shape index (κ2) is 8.17. The lowest BCUT2D eigenvalue weighted by Gasteiger charge is -2.22. The van der Waals surface area contributed by atoms with Gasteiger partial charge in [-0.2, -0.15) is 0 Å². The van der Waals surface area contributed by atoms with Gasteiger partial charge in [-0.05, 0) is 36.8 Å². The molecule has 2 aliphatic heterocycles. The number of rotatable bonds is 4. The van der Waals surface area contributed by atoms with Gasteiger partial charge in [0, 0.05) is 11.8 Å². The van der Waals surface area contributed by atoms with Gasteiger partial charge < -0.3 is 20.1 Å². The van der Waals surface area contributed by atoms with E-state index in [1.54, 1.807) is 18.2 Å². The average Bonchev–Trinajstić information content (AvgIpc) is 2.97. The molecule has 0 spiro atoms. The van der Waals surface area contributed by atoms with Crippen LogP contribution in [-0.2, 0) is 15.1 Å². The summed E-state index contributed by atoms with van der Waals surface area (Å²) in [5, 5.41) is 7.04. The summed E-state index contributed by atoms with van der Waals surface area (Å²) in [5.41, 5.74) is -0.742. The van der Waals surface area contributed by atoms with Crippen LogP contribution < -0.4 is 25.4 Å². The Hall–Kier alpha value is -4.15. The van der Waals surface area contributed by atoms with Crippen molar-refractivity contribution in [2.75, 3.05) is 25.1 Å². The Bertz CT molecular complexity index is 1110. The number of anilines is 1. The Morgan fingerprint density at radius 1 is 1.09 bits per heavy atom.